The summed E-state index contributed by atoms with van der Waals surface area (Å²) in [6, 6.07) is 0. The van der Waals surface area contributed by atoms with Crippen molar-refractivity contribution in [1.82, 2.24) is 0 Å². The van der Waals surface area contributed by atoms with Crippen molar-refractivity contribution in [3.8, 4) is 0 Å². The van der Waals surface area contributed by atoms with Crippen molar-refractivity contribution in [2.45, 2.75) is 181 Å². The van der Waals surface area contributed by atoms with Gasteiger partial charge in [-0.25, -0.2) is 0 Å². The van der Waals surface area contributed by atoms with Crippen LogP contribution >= 0.6 is 0 Å². The van der Waals surface area contributed by atoms with Crippen LogP contribution in [0.2, 0.25) is 0 Å². The quantitative estimate of drug-likeness (QED) is 0.104. The SMILES string of the molecule is C[C@@H]1O[C@@H](O[C@@H]2[C@@H](O[C@@H]3O[C@H](CO)[C@@H](O)[C@H](O)[C@H]3O)[C@@H](O)[C@H](O[C@@H]3[C@@H](O)[C@@H](O)[C@H](O[C@H]4C(O)O[C@H](C)[C@H](O)[C@@H]4O)O[C@H]3C)O[C@H]2C)[C@H](O)[C@H](O)[C@H]1O. The van der Waals surface area contributed by atoms with E-state index >= 15 is 0 Å². The molecule has 5 aliphatic rings. The third-order valence-corrected chi connectivity index (χ3v) is 10.2. The van der Waals surface area contributed by atoms with E-state index in [2.05, 4.69) is 0 Å². The first-order valence-corrected chi connectivity index (χ1v) is 17.0. The van der Waals surface area contributed by atoms with Gasteiger partial charge in [-0.1, -0.05) is 0 Å². The summed E-state index contributed by atoms with van der Waals surface area (Å²) < 4.78 is 50.9. The average molecular weight is 765 g/mol. The predicted octanol–water partition coefficient (Wildman–Crippen LogP) is -7.81. The second-order valence-corrected chi connectivity index (χ2v) is 13.9. The van der Waals surface area contributed by atoms with Gasteiger partial charge in [-0.15, -0.1) is 0 Å². The van der Waals surface area contributed by atoms with Gasteiger partial charge in [0.25, 0.3) is 0 Å². The summed E-state index contributed by atoms with van der Waals surface area (Å²) in [6.45, 7) is 4.81. The molecule has 0 aromatic carbocycles. The van der Waals surface area contributed by atoms with Gasteiger partial charge in [-0.3, -0.25) is 0 Å². The summed E-state index contributed by atoms with van der Waals surface area (Å²) in [5.41, 5.74) is 0. The summed E-state index contributed by atoms with van der Waals surface area (Å²) in [5.74, 6) is 0. The number of aliphatic hydroxyl groups is 13. The largest absolute Gasteiger partial charge is 0.394 e. The van der Waals surface area contributed by atoms with Crippen molar-refractivity contribution in [2.24, 2.45) is 0 Å². The fourth-order valence-electron chi connectivity index (χ4n) is 6.84. The summed E-state index contributed by atoms with van der Waals surface area (Å²) in [7, 11) is 0. The standard InChI is InChI=1S/C30H52O22/c1-6-12(33)16(37)25(26(43)44-6)52-28-20(41)17(38)22(8(3)46-28)49-30-21(42)24(51-29-19(40)15(36)13(34)10(5-31)48-29)23(9(4)47-30)50-27-18(39)14(35)11(32)7(2)45-27/h6-43H,5H2,1-4H3/t6-,7+,8+,9+,10-,11+,12+,13-,14-,15+,16+,17+,18-,19-,20-,21-,22+,23+,24+,25-,26?,27+,28+,29+,30+/m1/s1. The first kappa shape index (κ1) is 42.3. The van der Waals surface area contributed by atoms with Gasteiger partial charge in [0, 0.05) is 0 Å². The maximum Gasteiger partial charge on any atom is 0.187 e. The molecule has 5 rings (SSSR count). The van der Waals surface area contributed by atoms with E-state index in [0.717, 1.165) is 0 Å². The molecule has 0 aliphatic carbocycles. The minimum Gasteiger partial charge on any atom is -0.394 e. The zero-order chi connectivity index (χ0) is 38.5. The van der Waals surface area contributed by atoms with E-state index in [1.807, 2.05) is 0 Å². The van der Waals surface area contributed by atoms with Crippen LogP contribution in [0.4, 0.5) is 0 Å². The molecule has 0 radical (unpaired) electrons. The Morgan fingerprint density at radius 2 is 0.731 bits per heavy atom. The molecule has 22 nitrogen and oxygen atoms in total. The van der Waals surface area contributed by atoms with E-state index in [9.17, 15) is 66.4 Å². The predicted molar refractivity (Wildman–Crippen MR) is 161 cm³/mol. The van der Waals surface area contributed by atoms with Crippen molar-refractivity contribution in [2.75, 3.05) is 6.61 Å². The number of hydrogen-bond donors (Lipinski definition) is 13. The van der Waals surface area contributed by atoms with Crippen LogP contribution in [-0.2, 0) is 42.6 Å². The number of aliphatic hydroxyl groups excluding tert-OH is 13. The fraction of sp³-hybridized carbons (Fsp3) is 1.00. The van der Waals surface area contributed by atoms with Crippen LogP contribution in [0.1, 0.15) is 27.7 Å². The molecule has 0 spiro atoms. The maximum atomic E-state index is 11.6. The smallest absolute Gasteiger partial charge is 0.187 e. The highest BCUT2D eigenvalue weighted by molar-refractivity contribution is 4.98. The Morgan fingerprint density at radius 1 is 0.346 bits per heavy atom. The van der Waals surface area contributed by atoms with Crippen molar-refractivity contribution in [3.63, 3.8) is 0 Å². The number of hydrogen-bond acceptors (Lipinski definition) is 22. The Kier molecular flexibility index (Phi) is 13.9. The summed E-state index contributed by atoms with van der Waals surface area (Å²) in [4.78, 5) is 0. The van der Waals surface area contributed by atoms with Crippen LogP contribution in [0.5, 0.6) is 0 Å². The van der Waals surface area contributed by atoms with Crippen molar-refractivity contribution < 1.29 is 109 Å². The molecular formula is C30H52O22. The highest BCUT2D eigenvalue weighted by atomic mass is 16.8. The van der Waals surface area contributed by atoms with Gasteiger partial charge in [0.2, 0.25) is 0 Å². The molecule has 0 bridgehead atoms. The molecule has 1 unspecified atom stereocenters. The van der Waals surface area contributed by atoms with Crippen molar-refractivity contribution in [3.05, 3.63) is 0 Å². The molecule has 0 amide bonds. The number of ether oxygens (including phenoxy) is 9. The topological polar surface area (TPSA) is 346 Å². The molecule has 304 valence electrons. The molecule has 0 aromatic heterocycles. The van der Waals surface area contributed by atoms with Crippen LogP contribution < -0.4 is 0 Å². The summed E-state index contributed by atoms with van der Waals surface area (Å²) >= 11 is 0. The lowest BCUT2D eigenvalue weighted by molar-refractivity contribution is -0.398. The van der Waals surface area contributed by atoms with Gasteiger partial charge in [0.05, 0.1) is 31.0 Å². The fourth-order valence-corrected chi connectivity index (χ4v) is 6.84. The lowest BCUT2D eigenvalue weighted by Gasteiger charge is -2.50. The maximum absolute atomic E-state index is 11.6. The third kappa shape index (κ3) is 8.29. The Labute approximate surface area is 297 Å². The van der Waals surface area contributed by atoms with Gasteiger partial charge < -0.3 is 109 Å². The molecule has 52 heavy (non-hydrogen) atoms. The van der Waals surface area contributed by atoms with E-state index in [1.165, 1.54) is 27.7 Å². The molecule has 0 aromatic rings. The van der Waals surface area contributed by atoms with E-state index in [-0.39, 0.29) is 0 Å². The first-order valence-electron chi connectivity index (χ1n) is 17.0. The van der Waals surface area contributed by atoms with Crippen molar-refractivity contribution in [1.29, 1.82) is 0 Å². The van der Waals surface area contributed by atoms with E-state index in [1.54, 1.807) is 0 Å². The Bertz CT molecular complexity index is 1140. The zero-order valence-corrected chi connectivity index (χ0v) is 28.6. The van der Waals surface area contributed by atoms with E-state index in [0.29, 0.717) is 0 Å². The molecule has 0 saturated carbocycles. The third-order valence-electron chi connectivity index (χ3n) is 10.2. The molecule has 25 atom stereocenters. The molecule has 5 heterocycles. The molecule has 5 saturated heterocycles. The van der Waals surface area contributed by atoms with Gasteiger partial charge in [0.1, 0.15) is 97.7 Å². The summed E-state index contributed by atoms with van der Waals surface area (Å²) in [5, 5.41) is 136. The van der Waals surface area contributed by atoms with Crippen LogP contribution in [0, 0.1) is 0 Å². The highest BCUT2D eigenvalue weighted by Crippen LogP contribution is 2.36. The number of rotatable bonds is 9. The van der Waals surface area contributed by atoms with Gasteiger partial charge in [-0.05, 0) is 27.7 Å². The molecule has 5 fully saturated rings. The second kappa shape index (κ2) is 17.1. The summed E-state index contributed by atoms with van der Waals surface area (Å²) in [6.07, 6.45) is -39.9. The van der Waals surface area contributed by atoms with E-state index in [4.69, 9.17) is 42.6 Å². The minimum absolute atomic E-state index is 0.806. The molecule has 5 aliphatic heterocycles. The van der Waals surface area contributed by atoms with Gasteiger partial charge in [0.15, 0.2) is 31.5 Å². The minimum atomic E-state index is -1.94. The monoisotopic (exact) mass is 764 g/mol. The molecular weight excluding hydrogens is 712 g/mol. The van der Waals surface area contributed by atoms with E-state index < -0.39 is 160 Å². The van der Waals surface area contributed by atoms with Crippen LogP contribution in [-0.4, -0.2) is 227 Å². The lowest BCUT2D eigenvalue weighted by atomic mass is 9.95. The normalized spacial score (nSPS) is 56.4. The molecule has 13 N–H and O–H groups in total. The van der Waals surface area contributed by atoms with Crippen molar-refractivity contribution >= 4 is 0 Å². The Balaban J connectivity index is 1.34. The Hall–Kier alpha value is -0.880. The van der Waals surface area contributed by atoms with Gasteiger partial charge >= 0.3 is 0 Å². The van der Waals surface area contributed by atoms with Gasteiger partial charge in [-0.2, -0.15) is 0 Å². The highest BCUT2D eigenvalue weighted by Gasteiger charge is 2.56. The average Bonchev–Trinajstić information content (AvgIpc) is 3.10. The van der Waals surface area contributed by atoms with Crippen LogP contribution in [0.15, 0.2) is 0 Å². The zero-order valence-electron chi connectivity index (χ0n) is 28.6. The Morgan fingerprint density at radius 3 is 1.33 bits per heavy atom. The first-order chi connectivity index (χ1) is 24.4. The van der Waals surface area contributed by atoms with Crippen LogP contribution in [0.25, 0.3) is 0 Å². The lowest BCUT2D eigenvalue weighted by Crippen LogP contribution is -2.67. The van der Waals surface area contributed by atoms with Crippen LogP contribution in [0.3, 0.4) is 0 Å². The molecule has 22 heteroatoms. The second-order valence-electron chi connectivity index (χ2n) is 13.9.